The van der Waals surface area contributed by atoms with Crippen LogP contribution in [-0.2, 0) is 0 Å². The Bertz CT molecular complexity index is 994. The van der Waals surface area contributed by atoms with Gasteiger partial charge in [-0.1, -0.05) is 18.2 Å². The van der Waals surface area contributed by atoms with Crippen molar-refractivity contribution in [3.05, 3.63) is 66.6 Å². The molecule has 0 bridgehead atoms. The molecule has 1 aromatic carbocycles. The van der Waals surface area contributed by atoms with Crippen LogP contribution in [0, 0.1) is 12.9 Å². The highest BCUT2D eigenvalue weighted by Gasteiger charge is 2.17. The van der Waals surface area contributed by atoms with E-state index >= 15 is 0 Å². The molecule has 4 aromatic rings. The molecule has 112 valence electrons. The lowest BCUT2D eigenvalue weighted by Crippen LogP contribution is -2.00. The van der Waals surface area contributed by atoms with Crippen LogP contribution < -0.4 is 0 Å². The molecule has 0 N–H and O–H groups in total. The van der Waals surface area contributed by atoms with Gasteiger partial charge in [-0.3, -0.25) is 4.98 Å². The topological polar surface area (TPSA) is 56.5 Å². The minimum absolute atomic E-state index is 0.395. The van der Waals surface area contributed by atoms with Gasteiger partial charge in [-0.2, -0.15) is 9.49 Å². The summed E-state index contributed by atoms with van der Waals surface area (Å²) in [5, 5.41) is 4.16. The van der Waals surface area contributed by atoms with Gasteiger partial charge in [-0.15, -0.1) is 0 Å². The second kappa shape index (κ2) is 5.24. The fraction of sp³-hybridized carbons (Fsp3) is 0.0588. The van der Waals surface area contributed by atoms with Crippen molar-refractivity contribution in [1.29, 1.82) is 0 Å². The van der Waals surface area contributed by atoms with Crippen LogP contribution in [0.2, 0.25) is 0 Å². The molecule has 3 heterocycles. The van der Waals surface area contributed by atoms with Gasteiger partial charge in [0.15, 0.2) is 5.65 Å². The fourth-order valence-electron chi connectivity index (χ4n) is 2.53. The summed E-state index contributed by atoms with van der Waals surface area (Å²) in [6, 6.07) is 11.0. The molecule has 0 atom stereocenters. The van der Waals surface area contributed by atoms with Crippen molar-refractivity contribution in [2.45, 2.75) is 6.92 Å². The lowest BCUT2D eigenvalue weighted by Gasteiger charge is -2.06. The molecule has 0 radical (unpaired) electrons. The Labute approximate surface area is 131 Å². The number of benzene rings is 1. The molecule has 0 aliphatic carbocycles. The second-order valence-electron chi connectivity index (χ2n) is 5.12. The smallest absolute Gasteiger partial charge is 0.224 e. The van der Waals surface area contributed by atoms with Crippen molar-refractivity contribution in [1.82, 2.24) is 24.7 Å². The highest BCUT2D eigenvalue weighted by atomic mass is 19.1. The Hall–Kier alpha value is -3.15. The van der Waals surface area contributed by atoms with Gasteiger partial charge < -0.3 is 0 Å². The first-order chi connectivity index (χ1) is 11.2. The van der Waals surface area contributed by atoms with Gasteiger partial charge >= 0.3 is 0 Å². The summed E-state index contributed by atoms with van der Waals surface area (Å²) in [5.74, 6) is -0.427. The minimum Gasteiger partial charge on any atom is -0.251 e. The molecule has 0 fully saturated rings. The molecule has 0 aliphatic heterocycles. The van der Waals surface area contributed by atoms with Crippen LogP contribution in [0.4, 0.5) is 4.39 Å². The van der Waals surface area contributed by atoms with Gasteiger partial charge in [0.1, 0.15) is 5.52 Å². The summed E-state index contributed by atoms with van der Waals surface area (Å²) in [6.45, 7) is 1.82. The average molecular weight is 305 g/mol. The summed E-state index contributed by atoms with van der Waals surface area (Å²) >= 11 is 0. The van der Waals surface area contributed by atoms with Crippen LogP contribution in [0.15, 0.2) is 55.0 Å². The van der Waals surface area contributed by atoms with Crippen LogP contribution in [0.25, 0.3) is 28.0 Å². The lowest BCUT2D eigenvalue weighted by molar-refractivity contribution is 0.539. The zero-order chi connectivity index (χ0) is 15.8. The zero-order valence-corrected chi connectivity index (χ0v) is 12.3. The fourth-order valence-corrected chi connectivity index (χ4v) is 2.53. The Kier molecular flexibility index (Phi) is 3.08. The standard InChI is InChI=1S/C17H12FN5/c1-11-13(9-15-17(22-11)20-8-7-19-15)14-10-21-23(16(14)18)12-5-3-2-4-6-12/h2-10H,1H3. The first-order valence-corrected chi connectivity index (χ1v) is 7.12. The van der Waals surface area contributed by atoms with Crippen molar-refractivity contribution < 1.29 is 4.39 Å². The van der Waals surface area contributed by atoms with Crippen molar-refractivity contribution in [3.8, 4) is 16.8 Å². The molecule has 23 heavy (non-hydrogen) atoms. The quantitative estimate of drug-likeness (QED) is 0.570. The number of fused-ring (bicyclic) bond motifs is 1. The normalized spacial score (nSPS) is 11.0. The van der Waals surface area contributed by atoms with Crippen LogP contribution in [0.5, 0.6) is 0 Å². The number of aromatic nitrogens is 5. The van der Waals surface area contributed by atoms with Gasteiger partial charge in [0, 0.05) is 23.7 Å². The van der Waals surface area contributed by atoms with Crippen molar-refractivity contribution in [2.24, 2.45) is 0 Å². The molecule has 0 spiro atoms. The Balaban J connectivity index is 1.89. The van der Waals surface area contributed by atoms with Gasteiger partial charge in [-0.25, -0.2) is 14.6 Å². The molecule has 3 aromatic heterocycles. The van der Waals surface area contributed by atoms with E-state index in [0.29, 0.717) is 33.7 Å². The first-order valence-electron chi connectivity index (χ1n) is 7.12. The summed E-state index contributed by atoms with van der Waals surface area (Å²) in [5.41, 5.74) is 3.58. The molecule has 5 nitrogen and oxygen atoms in total. The maximum Gasteiger partial charge on any atom is 0.224 e. The Morgan fingerprint density at radius 2 is 1.78 bits per heavy atom. The average Bonchev–Trinajstić information content (AvgIpc) is 2.96. The van der Waals surface area contributed by atoms with Crippen LogP contribution in [0.1, 0.15) is 5.69 Å². The van der Waals surface area contributed by atoms with E-state index in [1.54, 1.807) is 30.6 Å². The molecular formula is C17H12FN5. The first kappa shape index (κ1) is 13.5. The van der Waals surface area contributed by atoms with Gasteiger partial charge in [0.2, 0.25) is 5.95 Å². The number of pyridine rings is 1. The van der Waals surface area contributed by atoms with Gasteiger partial charge in [-0.05, 0) is 25.1 Å². The number of nitrogens with zero attached hydrogens (tertiary/aromatic N) is 5. The van der Waals surface area contributed by atoms with Crippen molar-refractivity contribution in [2.75, 3.05) is 0 Å². The van der Waals surface area contributed by atoms with E-state index in [0.717, 1.165) is 0 Å². The number of para-hydroxylation sites is 1. The van der Waals surface area contributed by atoms with Crippen LogP contribution in [0.3, 0.4) is 0 Å². The molecule has 0 saturated heterocycles. The minimum atomic E-state index is -0.427. The number of halogens is 1. The second-order valence-corrected chi connectivity index (χ2v) is 5.12. The maximum absolute atomic E-state index is 14.8. The van der Waals surface area contributed by atoms with E-state index in [-0.39, 0.29) is 0 Å². The number of aryl methyl sites for hydroxylation is 1. The van der Waals surface area contributed by atoms with Crippen LogP contribution in [-0.4, -0.2) is 24.7 Å². The van der Waals surface area contributed by atoms with E-state index in [1.807, 2.05) is 25.1 Å². The lowest BCUT2D eigenvalue weighted by atomic mass is 10.1. The van der Waals surface area contributed by atoms with E-state index in [9.17, 15) is 4.39 Å². The number of rotatable bonds is 2. The predicted octanol–water partition coefficient (Wildman–Crippen LogP) is 3.33. The molecule has 0 saturated carbocycles. The maximum atomic E-state index is 14.8. The molecule has 0 amide bonds. The van der Waals surface area contributed by atoms with E-state index in [4.69, 9.17) is 0 Å². The summed E-state index contributed by atoms with van der Waals surface area (Å²) < 4.78 is 16.1. The molecule has 6 heteroatoms. The van der Waals surface area contributed by atoms with Crippen molar-refractivity contribution in [3.63, 3.8) is 0 Å². The van der Waals surface area contributed by atoms with Crippen molar-refractivity contribution >= 4 is 11.2 Å². The molecule has 0 unspecified atom stereocenters. The SMILES string of the molecule is Cc1nc2nccnc2cc1-c1cnn(-c2ccccc2)c1F. The largest absolute Gasteiger partial charge is 0.251 e. The summed E-state index contributed by atoms with van der Waals surface area (Å²) in [6.07, 6.45) is 4.68. The van der Waals surface area contributed by atoms with E-state index in [1.165, 1.54) is 10.9 Å². The number of hydrogen-bond donors (Lipinski definition) is 0. The highest BCUT2D eigenvalue weighted by molar-refractivity contribution is 5.79. The van der Waals surface area contributed by atoms with Crippen LogP contribution >= 0.6 is 0 Å². The third-order valence-electron chi connectivity index (χ3n) is 3.65. The zero-order valence-electron chi connectivity index (χ0n) is 12.3. The molecule has 0 aliphatic rings. The van der Waals surface area contributed by atoms with E-state index < -0.39 is 5.95 Å². The summed E-state index contributed by atoms with van der Waals surface area (Å²) in [4.78, 5) is 12.8. The monoisotopic (exact) mass is 305 g/mol. The molecular weight excluding hydrogens is 293 g/mol. The third-order valence-corrected chi connectivity index (χ3v) is 3.65. The summed E-state index contributed by atoms with van der Waals surface area (Å²) in [7, 11) is 0. The van der Waals surface area contributed by atoms with E-state index in [2.05, 4.69) is 20.1 Å². The third kappa shape index (κ3) is 2.24. The van der Waals surface area contributed by atoms with Gasteiger partial charge in [0.05, 0.1) is 17.4 Å². The highest BCUT2D eigenvalue weighted by Crippen LogP contribution is 2.28. The molecule has 4 rings (SSSR count). The Morgan fingerprint density at radius 1 is 1.00 bits per heavy atom. The Morgan fingerprint density at radius 3 is 2.61 bits per heavy atom. The number of hydrogen-bond acceptors (Lipinski definition) is 4. The van der Waals surface area contributed by atoms with Gasteiger partial charge in [0.25, 0.3) is 0 Å². The predicted molar refractivity (Wildman–Crippen MR) is 84.6 cm³/mol.